The molecule has 0 saturated carbocycles. The third-order valence-corrected chi connectivity index (χ3v) is 6.81. The smallest absolute Gasteiger partial charge is 0.348 e. The van der Waals surface area contributed by atoms with Crippen LogP contribution in [0.2, 0.25) is 0 Å². The number of fused-ring (bicyclic) bond motifs is 1. The molecule has 4 nitrogen and oxygen atoms in total. The van der Waals surface area contributed by atoms with Crippen LogP contribution in [-0.4, -0.2) is 23.8 Å². The van der Waals surface area contributed by atoms with E-state index in [0.717, 1.165) is 17.8 Å². The summed E-state index contributed by atoms with van der Waals surface area (Å²) in [7, 11) is -4.39. The third kappa shape index (κ3) is 3.12. The van der Waals surface area contributed by atoms with Gasteiger partial charge in [-0.1, -0.05) is 42.5 Å². The Morgan fingerprint density at radius 3 is 2.25 bits per heavy atom. The van der Waals surface area contributed by atoms with Crippen molar-refractivity contribution in [1.82, 2.24) is 8.87 Å². The average molecular weight is 406 g/mol. The number of aromatic nitrogens is 1. The predicted octanol–water partition coefficient (Wildman–Crippen LogP) is 4.30. The van der Waals surface area contributed by atoms with Crippen LogP contribution in [0.15, 0.2) is 77.8 Å². The van der Waals surface area contributed by atoms with Crippen molar-refractivity contribution < 1.29 is 21.6 Å². The minimum absolute atomic E-state index is 0.0791. The fraction of sp³-hybridized carbons (Fsp3) is 0.200. The highest BCUT2D eigenvalue weighted by molar-refractivity contribution is 7.89. The van der Waals surface area contributed by atoms with Crippen LogP contribution in [0.4, 0.5) is 13.2 Å². The van der Waals surface area contributed by atoms with Crippen molar-refractivity contribution >= 4 is 10.0 Å². The lowest BCUT2D eigenvalue weighted by molar-refractivity contribution is -0.139. The molecule has 0 aliphatic carbocycles. The van der Waals surface area contributed by atoms with Crippen molar-refractivity contribution in [3.63, 3.8) is 0 Å². The second kappa shape index (κ2) is 6.79. The molecule has 28 heavy (non-hydrogen) atoms. The Hall–Kier alpha value is -2.58. The molecule has 1 aliphatic heterocycles. The molecule has 0 saturated heterocycles. The lowest BCUT2D eigenvalue weighted by atomic mass is 10.0. The Morgan fingerprint density at radius 2 is 1.54 bits per heavy atom. The minimum atomic E-state index is -4.76. The summed E-state index contributed by atoms with van der Waals surface area (Å²) in [5, 5.41) is 0. The van der Waals surface area contributed by atoms with E-state index >= 15 is 0 Å². The SMILES string of the molecule is O=S(=O)(c1ccccc1C(F)(F)F)N1CCn2cccc2C1c1ccccc1. The van der Waals surface area contributed by atoms with Crippen molar-refractivity contribution in [3.05, 3.63) is 89.7 Å². The maximum Gasteiger partial charge on any atom is 0.417 e. The molecule has 146 valence electrons. The third-order valence-electron chi connectivity index (χ3n) is 4.89. The van der Waals surface area contributed by atoms with Gasteiger partial charge in [-0.25, -0.2) is 8.42 Å². The molecular formula is C20H17F3N2O2S. The Morgan fingerprint density at radius 1 is 0.857 bits per heavy atom. The summed E-state index contributed by atoms with van der Waals surface area (Å²) in [6, 6.07) is 16.2. The van der Waals surface area contributed by atoms with E-state index in [1.807, 2.05) is 22.9 Å². The first-order valence-corrected chi connectivity index (χ1v) is 10.1. The summed E-state index contributed by atoms with van der Waals surface area (Å²) in [5.41, 5.74) is 0.281. The van der Waals surface area contributed by atoms with E-state index in [2.05, 4.69) is 0 Å². The van der Waals surface area contributed by atoms with Gasteiger partial charge in [-0.3, -0.25) is 0 Å². The van der Waals surface area contributed by atoms with Gasteiger partial charge >= 0.3 is 6.18 Å². The van der Waals surface area contributed by atoms with E-state index in [4.69, 9.17) is 0 Å². The second-order valence-corrected chi connectivity index (χ2v) is 8.41. The molecule has 1 aliphatic rings. The molecule has 0 N–H and O–H groups in total. The standard InChI is InChI=1S/C20H17F3N2O2S/c21-20(22,23)16-9-4-5-11-18(16)28(26,27)25-14-13-24-12-6-10-17(24)19(25)15-7-2-1-3-8-15/h1-12,19H,13-14H2. The maximum absolute atomic E-state index is 13.5. The molecule has 2 heterocycles. The first-order chi connectivity index (χ1) is 13.3. The Balaban J connectivity index is 1.88. The van der Waals surface area contributed by atoms with Gasteiger partial charge in [0.2, 0.25) is 10.0 Å². The Kier molecular flexibility index (Phi) is 4.55. The summed E-state index contributed by atoms with van der Waals surface area (Å²) in [6.07, 6.45) is -2.92. The Bertz CT molecular complexity index is 1090. The van der Waals surface area contributed by atoms with Crippen molar-refractivity contribution in [2.45, 2.75) is 23.7 Å². The summed E-state index contributed by atoms with van der Waals surface area (Å²) in [5.74, 6) is 0. The van der Waals surface area contributed by atoms with E-state index in [9.17, 15) is 21.6 Å². The quantitative estimate of drug-likeness (QED) is 0.651. The number of alkyl halides is 3. The van der Waals surface area contributed by atoms with Gasteiger partial charge in [-0.2, -0.15) is 17.5 Å². The maximum atomic E-state index is 13.5. The number of hydrogen-bond donors (Lipinski definition) is 0. The number of hydrogen-bond acceptors (Lipinski definition) is 2. The first kappa shape index (κ1) is 18.8. The molecule has 0 radical (unpaired) electrons. The van der Waals surface area contributed by atoms with Crippen molar-refractivity contribution in [2.24, 2.45) is 0 Å². The van der Waals surface area contributed by atoms with Gasteiger partial charge in [0.25, 0.3) is 0 Å². The van der Waals surface area contributed by atoms with Gasteiger partial charge in [0, 0.05) is 25.0 Å². The molecule has 0 spiro atoms. The average Bonchev–Trinajstić information content (AvgIpc) is 3.16. The molecule has 4 rings (SSSR count). The number of benzene rings is 2. The summed E-state index contributed by atoms with van der Waals surface area (Å²) >= 11 is 0. The van der Waals surface area contributed by atoms with Gasteiger partial charge in [0.15, 0.2) is 0 Å². The molecule has 0 fully saturated rings. The lowest BCUT2D eigenvalue weighted by Gasteiger charge is -2.36. The predicted molar refractivity (Wildman–Crippen MR) is 98.1 cm³/mol. The molecule has 8 heteroatoms. The van der Waals surface area contributed by atoms with Gasteiger partial charge in [-0.05, 0) is 29.8 Å². The van der Waals surface area contributed by atoms with Crippen LogP contribution in [0.25, 0.3) is 0 Å². The van der Waals surface area contributed by atoms with Crippen LogP contribution in [0.1, 0.15) is 22.9 Å². The zero-order chi connectivity index (χ0) is 19.9. The summed E-state index contributed by atoms with van der Waals surface area (Å²) in [4.78, 5) is -0.719. The molecule has 1 atom stereocenters. The largest absolute Gasteiger partial charge is 0.417 e. The summed E-state index contributed by atoms with van der Waals surface area (Å²) < 4.78 is 70.3. The topological polar surface area (TPSA) is 42.3 Å². The number of nitrogens with zero attached hydrogens (tertiary/aromatic N) is 2. The van der Waals surface area contributed by atoms with Crippen LogP contribution in [0, 0.1) is 0 Å². The van der Waals surface area contributed by atoms with Crippen molar-refractivity contribution in [1.29, 1.82) is 0 Å². The van der Waals surface area contributed by atoms with Gasteiger partial charge in [-0.15, -0.1) is 0 Å². The van der Waals surface area contributed by atoms with E-state index in [1.165, 1.54) is 16.4 Å². The van der Waals surface area contributed by atoms with Crippen LogP contribution in [0.5, 0.6) is 0 Å². The normalized spacial score (nSPS) is 18.0. The van der Waals surface area contributed by atoms with Crippen LogP contribution in [0.3, 0.4) is 0 Å². The monoisotopic (exact) mass is 406 g/mol. The van der Waals surface area contributed by atoms with E-state index in [1.54, 1.807) is 30.3 Å². The zero-order valence-corrected chi connectivity index (χ0v) is 15.5. The van der Waals surface area contributed by atoms with Crippen LogP contribution >= 0.6 is 0 Å². The van der Waals surface area contributed by atoms with Gasteiger partial charge < -0.3 is 4.57 Å². The molecule has 0 amide bonds. The van der Waals surface area contributed by atoms with Crippen LogP contribution < -0.4 is 0 Å². The highest BCUT2D eigenvalue weighted by atomic mass is 32.2. The fourth-order valence-electron chi connectivity index (χ4n) is 3.65. The second-order valence-electron chi connectivity index (χ2n) is 6.55. The van der Waals surface area contributed by atoms with E-state index in [-0.39, 0.29) is 6.54 Å². The Labute approximate surface area is 160 Å². The highest BCUT2D eigenvalue weighted by Crippen LogP contribution is 2.40. The lowest BCUT2D eigenvalue weighted by Crippen LogP contribution is -2.42. The molecule has 2 aromatic carbocycles. The first-order valence-electron chi connectivity index (χ1n) is 8.68. The van der Waals surface area contributed by atoms with Crippen molar-refractivity contribution in [3.8, 4) is 0 Å². The number of halogens is 3. The number of sulfonamides is 1. The van der Waals surface area contributed by atoms with Gasteiger partial charge in [0.1, 0.15) is 0 Å². The highest BCUT2D eigenvalue weighted by Gasteiger charge is 2.42. The molecule has 1 aromatic heterocycles. The van der Waals surface area contributed by atoms with E-state index in [0.29, 0.717) is 12.1 Å². The molecule has 0 bridgehead atoms. The van der Waals surface area contributed by atoms with E-state index < -0.39 is 32.7 Å². The number of rotatable bonds is 3. The molecule has 3 aromatic rings. The molecule has 1 unspecified atom stereocenters. The summed E-state index contributed by atoms with van der Waals surface area (Å²) in [6.45, 7) is 0.453. The van der Waals surface area contributed by atoms with Gasteiger partial charge in [0.05, 0.1) is 16.5 Å². The van der Waals surface area contributed by atoms with Crippen LogP contribution in [-0.2, 0) is 22.7 Å². The zero-order valence-electron chi connectivity index (χ0n) is 14.7. The minimum Gasteiger partial charge on any atom is -0.348 e. The van der Waals surface area contributed by atoms with Crippen molar-refractivity contribution in [2.75, 3.05) is 6.54 Å². The molecular weight excluding hydrogens is 389 g/mol. The fourth-order valence-corrected chi connectivity index (χ4v) is 5.44.